The Bertz CT molecular complexity index is 512. The zero-order valence-corrected chi connectivity index (χ0v) is 15.5. The van der Waals surface area contributed by atoms with Crippen molar-refractivity contribution in [1.29, 1.82) is 0 Å². The van der Waals surface area contributed by atoms with E-state index in [1.54, 1.807) is 6.07 Å². The molecule has 0 unspecified atom stereocenters. The summed E-state index contributed by atoms with van der Waals surface area (Å²) in [5.74, 6) is 0.457. The molecular weight excluding hydrogens is 351 g/mol. The van der Waals surface area contributed by atoms with Gasteiger partial charge in [0.15, 0.2) is 0 Å². The van der Waals surface area contributed by atoms with Crippen molar-refractivity contribution in [3.05, 3.63) is 29.8 Å². The molecule has 1 aromatic carbocycles. The summed E-state index contributed by atoms with van der Waals surface area (Å²) in [5, 5.41) is 9.65. The van der Waals surface area contributed by atoms with E-state index in [1.807, 2.05) is 18.2 Å². The van der Waals surface area contributed by atoms with Gasteiger partial charge in [-0.05, 0) is 24.5 Å². The SMILES string of the molecule is CCCCCCCCCCCCc1ccccc1O.O=S(=O)(O)O.[NaH]. The Morgan fingerprint density at radius 1 is 0.800 bits per heavy atom. The first-order chi connectivity index (χ1) is 11.3. The van der Waals surface area contributed by atoms with Gasteiger partial charge in [-0.1, -0.05) is 82.9 Å². The molecule has 0 spiro atoms. The molecule has 0 aliphatic rings. The Morgan fingerprint density at radius 3 is 1.64 bits per heavy atom. The number of unbranched alkanes of at least 4 members (excludes halogenated alkanes) is 9. The topological polar surface area (TPSA) is 94.8 Å². The van der Waals surface area contributed by atoms with E-state index in [2.05, 4.69) is 6.92 Å². The number of para-hydroxylation sites is 1. The van der Waals surface area contributed by atoms with Gasteiger partial charge < -0.3 is 5.11 Å². The molecule has 7 heteroatoms. The van der Waals surface area contributed by atoms with Crippen LogP contribution in [0.25, 0.3) is 0 Å². The maximum absolute atomic E-state index is 9.65. The number of aromatic hydroxyl groups is 1. The Morgan fingerprint density at radius 2 is 1.20 bits per heavy atom. The molecule has 0 aromatic heterocycles. The average molecular weight is 385 g/mol. The Hall–Kier alpha value is -0.110. The summed E-state index contributed by atoms with van der Waals surface area (Å²) < 4.78 is 31.6. The van der Waals surface area contributed by atoms with E-state index in [4.69, 9.17) is 17.5 Å². The molecule has 0 amide bonds. The van der Waals surface area contributed by atoms with Gasteiger partial charge >= 0.3 is 40.0 Å². The summed E-state index contributed by atoms with van der Waals surface area (Å²) in [5.41, 5.74) is 1.10. The Labute approximate surface area is 175 Å². The van der Waals surface area contributed by atoms with Crippen LogP contribution < -0.4 is 0 Å². The van der Waals surface area contributed by atoms with Gasteiger partial charge in [0.05, 0.1) is 0 Å². The zero-order valence-electron chi connectivity index (χ0n) is 14.7. The molecule has 0 bridgehead atoms. The van der Waals surface area contributed by atoms with Crippen LogP contribution in [0.3, 0.4) is 0 Å². The fourth-order valence-electron chi connectivity index (χ4n) is 2.53. The number of phenolic OH excluding ortho intramolecular Hbond substituents is 1. The molecule has 0 heterocycles. The number of hydrogen-bond acceptors (Lipinski definition) is 3. The van der Waals surface area contributed by atoms with Crippen LogP contribution in [0.15, 0.2) is 24.3 Å². The monoisotopic (exact) mass is 384 g/mol. The molecule has 0 fully saturated rings. The van der Waals surface area contributed by atoms with E-state index in [0.29, 0.717) is 5.75 Å². The van der Waals surface area contributed by atoms with E-state index < -0.39 is 10.4 Å². The number of phenols is 1. The van der Waals surface area contributed by atoms with Crippen molar-refractivity contribution in [3.8, 4) is 5.75 Å². The summed E-state index contributed by atoms with van der Waals surface area (Å²) >= 11 is 0. The van der Waals surface area contributed by atoms with Crippen LogP contribution in [0.4, 0.5) is 0 Å². The van der Waals surface area contributed by atoms with Gasteiger partial charge in [0.1, 0.15) is 5.75 Å². The molecule has 1 rings (SSSR count). The molecule has 3 N–H and O–H groups in total. The molecule has 0 saturated carbocycles. The summed E-state index contributed by atoms with van der Waals surface area (Å²) in [6, 6.07) is 7.71. The standard InChI is InChI=1S/C18H30O.Na.H2O4S.H/c1-2-3-4-5-6-7-8-9-10-11-14-17-15-12-13-16-18(17)19;;1-5(2,3)4;/h12-13,15-16,19H,2-11,14H2,1H3;;(H2,1,2,3,4);. The van der Waals surface area contributed by atoms with E-state index >= 15 is 0 Å². The second kappa shape index (κ2) is 17.3. The van der Waals surface area contributed by atoms with Crippen molar-refractivity contribution >= 4 is 40.0 Å². The third kappa shape index (κ3) is 21.8. The van der Waals surface area contributed by atoms with Gasteiger partial charge in [0.2, 0.25) is 0 Å². The van der Waals surface area contributed by atoms with E-state index in [-0.39, 0.29) is 29.6 Å². The average Bonchev–Trinajstić information content (AvgIpc) is 2.49. The molecule has 0 atom stereocenters. The van der Waals surface area contributed by atoms with Crippen molar-refractivity contribution in [2.24, 2.45) is 0 Å². The van der Waals surface area contributed by atoms with Gasteiger partial charge in [-0.25, -0.2) is 0 Å². The molecule has 0 saturated heterocycles. The minimum atomic E-state index is -4.67. The summed E-state index contributed by atoms with van der Waals surface area (Å²) in [7, 11) is -4.67. The molecule has 25 heavy (non-hydrogen) atoms. The van der Waals surface area contributed by atoms with E-state index in [9.17, 15) is 5.11 Å². The summed E-state index contributed by atoms with van der Waals surface area (Å²) in [4.78, 5) is 0. The first kappa shape index (κ1) is 27.1. The van der Waals surface area contributed by atoms with Crippen molar-refractivity contribution in [3.63, 3.8) is 0 Å². The van der Waals surface area contributed by atoms with Gasteiger partial charge in [-0.2, -0.15) is 8.42 Å². The molecule has 142 valence electrons. The Kier molecular flexibility index (Phi) is 18.8. The van der Waals surface area contributed by atoms with Crippen molar-refractivity contribution in [2.75, 3.05) is 0 Å². The van der Waals surface area contributed by atoms with Gasteiger partial charge in [0.25, 0.3) is 0 Å². The predicted octanol–water partition coefficient (Wildman–Crippen LogP) is 4.55. The normalized spacial score (nSPS) is 10.5. The van der Waals surface area contributed by atoms with Crippen molar-refractivity contribution < 1.29 is 22.6 Å². The summed E-state index contributed by atoms with van der Waals surface area (Å²) in [6.45, 7) is 2.27. The first-order valence-electron chi connectivity index (χ1n) is 8.81. The van der Waals surface area contributed by atoms with Crippen LogP contribution in [0.2, 0.25) is 0 Å². The van der Waals surface area contributed by atoms with Crippen LogP contribution in [-0.2, 0) is 16.8 Å². The van der Waals surface area contributed by atoms with Gasteiger partial charge in [0, 0.05) is 0 Å². The van der Waals surface area contributed by atoms with Crippen LogP contribution in [0.1, 0.15) is 76.7 Å². The quantitative estimate of drug-likeness (QED) is 0.295. The van der Waals surface area contributed by atoms with E-state index in [1.165, 1.54) is 64.2 Å². The zero-order chi connectivity index (χ0) is 18.3. The first-order valence-corrected chi connectivity index (χ1v) is 10.2. The molecule has 0 radical (unpaired) electrons. The Balaban J connectivity index is 0. The van der Waals surface area contributed by atoms with E-state index in [0.717, 1.165) is 12.0 Å². The third-order valence-electron chi connectivity index (χ3n) is 3.79. The minimum absolute atomic E-state index is 0. The molecule has 5 nitrogen and oxygen atoms in total. The van der Waals surface area contributed by atoms with Gasteiger partial charge in [-0.3, -0.25) is 9.11 Å². The van der Waals surface area contributed by atoms with Gasteiger partial charge in [-0.15, -0.1) is 0 Å². The fraction of sp³-hybridized carbons (Fsp3) is 0.667. The van der Waals surface area contributed by atoms with Crippen molar-refractivity contribution in [2.45, 2.75) is 77.6 Å². The second-order valence-electron chi connectivity index (χ2n) is 6.01. The number of hydrogen-bond donors (Lipinski definition) is 3. The number of benzene rings is 1. The number of rotatable bonds is 11. The van der Waals surface area contributed by atoms with Crippen molar-refractivity contribution in [1.82, 2.24) is 0 Å². The predicted molar refractivity (Wildman–Crippen MR) is 105 cm³/mol. The fourth-order valence-corrected chi connectivity index (χ4v) is 2.53. The molecule has 0 aliphatic heterocycles. The maximum atomic E-state index is 9.65. The number of aryl methyl sites for hydroxylation is 1. The summed E-state index contributed by atoms with van der Waals surface area (Å²) in [6.07, 6.45) is 14.6. The van der Waals surface area contributed by atoms with Crippen LogP contribution in [0, 0.1) is 0 Å². The van der Waals surface area contributed by atoms with Crippen LogP contribution >= 0.6 is 0 Å². The molecule has 1 aromatic rings. The third-order valence-corrected chi connectivity index (χ3v) is 3.79. The molecule has 0 aliphatic carbocycles. The van der Waals surface area contributed by atoms with Crippen LogP contribution in [0.5, 0.6) is 5.75 Å². The second-order valence-corrected chi connectivity index (χ2v) is 6.90. The van der Waals surface area contributed by atoms with Crippen LogP contribution in [-0.4, -0.2) is 52.2 Å². The molecular formula is C18H33NaO5S.